The van der Waals surface area contributed by atoms with Gasteiger partial charge in [-0.2, -0.15) is 0 Å². The van der Waals surface area contributed by atoms with Crippen LogP contribution in [0.25, 0.3) is 0 Å². The van der Waals surface area contributed by atoms with E-state index in [0.29, 0.717) is 23.3 Å². The van der Waals surface area contributed by atoms with Crippen LogP contribution in [-0.4, -0.2) is 35.0 Å². The molecule has 1 aromatic heterocycles. The van der Waals surface area contributed by atoms with Crippen LogP contribution in [0, 0.1) is 0 Å². The van der Waals surface area contributed by atoms with Gasteiger partial charge in [0.05, 0.1) is 0 Å². The summed E-state index contributed by atoms with van der Waals surface area (Å²) >= 11 is 5.99. The molecule has 6 heteroatoms. The summed E-state index contributed by atoms with van der Waals surface area (Å²) in [5.74, 6) is 0.687. The highest BCUT2D eigenvalue weighted by atomic mass is 35.5. The molecule has 0 saturated carbocycles. The minimum absolute atomic E-state index is 0.166. The zero-order chi connectivity index (χ0) is 18.4. The van der Waals surface area contributed by atoms with Crippen LogP contribution in [0.3, 0.4) is 0 Å². The van der Waals surface area contributed by atoms with E-state index in [0.717, 1.165) is 30.8 Å². The van der Waals surface area contributed by atoms with Gasteiger partial charge in [-0.05, 0) is 49.8 Å². The number of hydrogen-bond acceptors (Lipinski definition) is 4. The number of anilines is 1. The minimum atomic E-state index is -0.166. The third-order valence-electron chi connectivity index (χ3n) is 4.87. The first-order valence-corrected chi connectivity index (χ1v) is 9.66. The second-order valence-corrected chi connectivity index (χ2v) is 7.08. The van der Waals surface area contributed by atoms with Crippen LogP contribution in [-0.2, 0) is 6.42 Å². The van der Waals surface area contributed by atoms with Gasteiger partial charge in [-0.25, -0.2) is 9.97 Å². The van der Waals surface area contributed by atoms with Gasteiger partial charge in [0.15, 0.2) is 0 Å². The Bertz CT molecular complexity index is 752. The lowest BCUT2D eigenvalue weighted by atomic mass is 10.00. The normalized spacial score (nSPS) is 17.2. The number of benzene rings is 1. The summed E-state index contributed by atoms with van der Waals surface area (Å²) in [4.78, 5) is 23.3. The number of aromatic nitrogens is 2. The summed E-state index contributed by atoms with van der Waals surface area (Å²) in [6.07, 6.45) is 6.92. The Morgan fingerprint density at radius 2 is 2.19 bits per heavy atom. The largest absolute Gasteiger partial charge is 0.354 e. The fourth-order valence-corrected chi connectivity index (χ4v) is 3.67. The molecule has 1 amide bonds. The molecule has 0 spiro atoms. The van der Waals surface area contributed by atoms with E-state index in [1.54, 1.807) is 0 Å². The zero-order valence-electron chi connectivity index (χ0n) is 15.1. The third-order valence-corrected chi connectivity index (χ3v) is 5.10. The zero-order valence-corrected chi connectivity index (χ0v) is 15.9. The van der Waals surface area contributed by atoms with E-state index in [-0.39, 0.29) is 5.91 Å². The van der Waals surface area contributed by atoms with Gasteiger partial charge in [-0.1, -0.05) is 30.7 Å². The third kappa shape index (κ3) is 4.73. The highest BCUT2D eigenvalue weighted by Gasteiger charge is 2.23. The number of hydrogen-bond donors (Lipinski definition) is 1. The van der Waals surface area contributed by atoms with Crippen LogP contribution >= 0.6 is 11.6 Å². The fraction of sp³-hybridized carbons (Fsp3) is 0.450. The maximum Gasteiger partial charge on any atom is 0.270 e. The van der Waals surface area contributed by atoms with E-state index in [1.165, 1.54) is 25.6 Å². The molecule has 1 atom stereocenters. The Balaban J connectivity index is 1.61. The monoisotopic (exact) mass is 372 g/mol. The first-order chi connectivity index (χ1) is 12.7. The number of carbonyl (C=O) groups excluding carboxylic acids is 1. The van der Waals surface area contributed by atoms with Gasteiger partial charge in [0.25, 0.3) is 5.91 Å². The van der Waals surface area contributed by atoms with Crippen molar-refractivity contribution in [2.45, 2.75) is 45.1 Å². The Morgan fingerprint density at radius 3 is 3.00 bits per heavy atom. The highest BCUT2D eigenvalue weighted by Crippen LogP contribution is 2.24. The summed E-state index contributed by atoms with van der Waals surface area (Å²) in [5, 5.41) is 3.64. The maximum atomic E-state index is 12.4. The smallest absolute Gasteiger partial charge is 0.270 e. The van der Waals surface area contributed by atoms with E-state index >= 15 is 0 Å². The topological polar surface area (TPSA) is 58.1 Å². The predicted octanol–water partition coefficient (Wildman–Crippen LogP) is 3.87. The molecule has 26 heavy (non-hydrogen) atoms. The summed E-state index contributed by atoms with van der Waals surface area (Å²) in [6.45, 7) is 3.73. The quantitative estimate of drug-likeness (QED) is 0.836. The molecule has 0 aliphatic carbocycles. The average Bonchev–Trinajstić information content (AvgIpc) is 2.68. The highest BCUT2D eigenvalue weighted by molar-refractivity contribution is 6.30. The molecule has 1 fully saturated rings. The number of amides is 1. The molecule has 5 nitrogen and oxygen atoms in total. The van der Waals surface area contributed by atoms with Crippen LogP contribution in [0.1, 0.15) is 48.7 Å². The van der Waals surface area contributed by atoms with Gasteiger partial charge in [0.2, 0.25) is 0 Å². The minimum Gasteiger partial charge on any atom is -0.354 e. The van der Waals surface area contributed by atoms with Gasteiger partial charge < -0.3 is 10.2 Å². The van der Waals surface area contributed by atoms with Gasteiger partial charge in [-0.3, -0.25) is 4.79 Å². The molecular weight excluding hydrogens is 348 g/mol. The van der Waals surface area contributed by atoms with E-state index in [2.05, 4.69) is 27.1 Å². The van der Waals surface area contributed by atoms with Crippen LogP contribution in [0.5, 0.6) is 0 Å². The van der Waals surface area contributed by atoms with Crippen molar-refractivity contribution in [3.8, 4) is 0 Å². The lowest BCUT2D eigenvalue weighted by Crippen LogP contribution is -2.40. The number of nitrogens with one attached hydrogen (secondary N) is 1. The van der Waals surface area contributed by atoms with Gasteiger partial charge in [-0.15, -0.1) is 0 Å². The molecule has 0 bridgehead atoms. The predicted molar refractivity (Wildman–Crippen MR) is 105 cm³/mol. The summed E-state index contributed by atoms with van der Waals surface area (Å²) in [5.41, 5.74) is 1.52. The Kier molecular flexibility index (Phi) is 6.45. The lowest BCUT2D eigenvalue weighted by Gasteiger charge is -2.36. The standard InChI is InChI=1S/C20H25ClN4O/c1-2-17-8-3-4-11-25(17)19-13-18(23-14-24-19)20(26)22-10-9-15-6-5-7-16(21)12-15/h5-7,12-14,17H,2-4,8-11H2,1H3,(H,22,26). The molecule has 1 unspecified atom stereocenters. The molecule has 1 aliphatic heterocycles. The molecule has 1 aromatic carbocycles. The summed E-state index contributed by atoms with van der Waals surface area (Å²) in [6, 6.07) is 9.98. The van der Waals surface area contributed by atoms with Gasteiger partial charge in [0.1, 0.15) is 17.8 Å². The number of halogens is 1. The van der Waals surface area contributed by atoms with Crippen molar-refractivity contribution in [2.24, 2.45) is 0 Å². The Morgan fingerprint density at radius 1 is 1.31 bits per heavy atom. The second-order valence-electron chi connectivity index (χ2n) is 6.65. The van der Waals surface area contributed by atoms with Crippen molar-refractivity contribution in [2.75, 3.05) is 18.0 Å². The Hall–Kier alpha value is -2.14. The van der Waals surface area contributed by atoms with Crippen molar-refractivity contribution in [3.63, 3.8) is 0 Å². The molecule has 0 radical (unpaired) electrons. The molecule has 3 rings (SSSR count). The molecule has 1 saturated heterocycles. The summed E-state index contributed by atoms with van der Waals surface area (Å²) in [7, 11) is 0. The fourth-order valence-electron chi connectivity index (χ4n) is 3.46. The van der Waals surface area contributed by atoms with Crippen LogP contribution in [0.4, 0.5) is 5.82 Å². The molecule has 2 heterocycles. The van der Waals surface area contributed by atoms with E-state index in [4.69, 9.17) is 11.6 Å². The number of nitrogens with zero attached hydrogens (tertiary/aromatic N) is 3. The van der Waals surface area contributed by atoms with Crippen molar-refractivity contribution in [1.82, 2.24) is 15.3 Å². The van der Waals surface area contributed by atoms with Crippen molar-refractivity contribution >= 4 is 23.3 Å². The molecular formula is C20H25ClN4O. The molecule has 1 aliphatic rings. The van der Waals surface area contributed by atoms with E-state index in [1.807, 2.05) is 30.3 Å². The van der Waals surface area contributed by atoms with Crippen molar-refractivity contribution in [3.05, 3.63) is 52.9 Å². The van der Waals surface area contributed by atoms with Crippen molar-refractivity contribution in [1.29, 1.82) is 0 Å². The van der Waals surface area contributed by atoms with Gasteiger partial charge >= 0.3 is 0 Å². The average molecular weight is 373 g/mol. The van der Waals surface area contributed by atoms with Gasteiger partial charge in [0, 0.05) is 30.2 Å². The number of rotatable bonds is 6. The first kappa shape index (κ1) is 18.6. The first-order valence-electron chi connectivity index (χ1n) is 9.28. The Labute approximate surface area is 159 Å². The SMILES string of the molecule is CCC1CCCCN1c1cc(C(=O)NCCc2cccc(Cl)c2)ncn1. The summed E-state index contributed by atoms with van der Waals surface area (Å²) < 4.78 is 0. The molecule has 2 aromatic rings. The number of piperidine rings is 1. The lowest BCUT2D eigenvalue weighted by molar-refractivity contribution is 0.0949. The van der Waals surface area contributed by atoms with Crippen molar-refractivity contribution < 1.29 is 4.79 Å². The molecule has 138 valence electrons. The second kappa shape index (κ2) is 8.99. The van der Waals surface area contributed by atoms with Crippen LogP contribution < -0.4 is 10.2 Å². The molecule has 1 N–H and O–H groups in total. The number of carbonyl (C=O) groups is 1. The van der Waals surface area contributed by atoms with Crippen LogP contribution in [0.15, 0.2) is 36.7 Å². The van der Waals surface area contributed by atoms with E-state index in [9.17, 15) is 4.79 Å². The van der Waals surface area contributed by atoms with Crippen LogP contribution in [0.2, 0.25) is 5.02 Å². The van der Waals surface area contributed by atoms with E-state index < -0.39 is 0 Å². The maximum absolute atomic E-state index is 12.4.